The molecule has 0 bridgehead atoms. The third-order valence-corrected chi connectivity index (χ3v) is 11.9. The Hall–Kier alpha value is -5.89. The van der Waals surface area contributed by atoms with Crippen LogP contribution in [0.15, 0.2) is 150 Å². The Morgan fingerprint density at radius 3 is 2.14 bits per heavy atom. The second kappa shape index (κ2) is 17.9. The maximum absolute atomic E-state index is 14.0. The molecular weight excluding hydrogens is 782 g/mol. The first kappa shape index (κ1) is 39.3. The van der Waals surface area contributed by atoms with E-state index in [2.05, 4.69) is 58.8 Å². The summed E-state index contributed by atoms with van der Waals surface area (Å²) in [5.41, 5.74) is 3.59. The highest BCUT2D eigenvalue weighted by Gasteiger charge is 2.54. The number of hydrogen-bond acceptors (Lipinski definition) is 11. The lowest BCUT2D eigenvalue weighted by atomic mass is 9.77. The minimum Gasteiger partial charge on any atom is -0.497 e. The molecule has 290 valence electrons. The van der Waals surface area contributed by atoms with Gasteiger partial charge in [0.05, 0.1) is 7.11 Å². The molecule has 0 spiro atoms. The van der Waals surface area contributed by atoms with Crippen molar-refractivity contribution in [3.63, 3.8) is 0 Å². The molecule has 2 atom stereocenters. The maximum Gasteiger partial charge on any atom is 0.355 e. The van der Waals surface area contributed by atoms with Crippen molar-refractivity contribution < 1.29 is 28.7 Å². The first-order valence-corrected chi connectivity index (χ1v) is 20.4. The molecule has 57 heavy (non-hydrogen) atoms. The Morgan fingerprint density at radius 2 is 1.58 bits per heavy atom. The Balaban J connectivity index is 1.13. The minimum absolute atomic E-state index is 0.0138. The molecule has 5 aromatic rings. The normalized spacial score (nSPS) is 16.6. The molecular formula is C43H38ClN5O6S2. The number of amides is 2. The number of oxime groups is 1. The highest BCUT2D eigenvalue weighted by atomic mass is 35.5. The molecule has 3 heterocycles. The van der Waals surface area contributed by atoms with Crippen LogP contribution < -0.4 is 15.4 Å². The van der Waals surface area contributed by atoms with Gasteiger partial charge in [-0.3, -0.25) is 14.5 Å². The van der Waals surface area contributed by atoms with E-state index in [4.69, 9.17) is 30.9 Å². The molecule has 0 radical (unpaired) electrons. The lowest BCUT2D eigenvalue weighted by Gasteiger charge is -2.49. The number of anilines is 1. The van der Waals surface area contributed by atoms with Crippen molar-refractivity contribution in [2.45, 2.75) is 23.6 Å². The fourth-order valence-corrected chi connectivity index (χ4v) is 9.09. The van der Waals surface area contributed by atoms with Crippen molar-refractivity contribution in [3.05, 3.63) is 173 Å². The van der Waals surface area contributed by atoms with Crippen molar-refractivity contribution >= 4 is 63.3 Å². The number of carbonyl (C=O) groups excluding carboxylic acids is 3. The number of nitrogens with one attached hydrogen (secondary N) is 2. The minimum atomic E-state index is -0.966. The van der Waals surface area contributed by atoms with Gasteiger partial charge in [-0.25, -0.2) is 9.78 Å². The van der Waals surface area contributed by atoms with Gasteiger partial charge in [0.15, 0.2) is 10.8 Å². The Labute approximate surface area is 343 Å². The molecule has 1 saturated heterocycles. The summed E-state index contributed by atoms with van der Waals surface area (Å²) in [7, 11) is 1.57. The zero-order valence-electron chi connectivity index (χ0n) is 30.8. The van der Waals surface area contributed by atoms with E-state index in [1.165, 1.54) is 34.1 Å². The van der Waals surface area contributed by atoms with Crippen LogP contribution in [0.5, 0.6) is 5.75 Å². The first-order valence-electron chi connectivity index (χ1n) is 17.9. The van der Waals surface area contributed by atoms with Gasteiger partial charge in [-0.05, 0) is 40.0 Å². The number of thiazole rings is 1. The number of ether oxygens (including phenoxy) is 2. The van der Waals surface area contributed by atoms with E-state index < -0.39 is 34.7 Å². The summed E-state index contributed by atoms with van der Waals surface area (Å²) in [4.78, 5) is 52.8. The van der Waals surface area contributed by atoms with Gasteiger partial charge in [-0.1, -0.05) is 121 Å². The van der Waals surface area contributed by atoms with E-state index in [1.54, 1.807) is 36.8 Å². The number of thioether (sulfide) groups is 1. The van der Waals surface area contributed by atoms with Gasteiger partial charge < -0.3 is 24.9 Å². The van der Waals surface area contributed by atoms with Crippen LogP contribution in [0.25, 0.3) is 0 Å². The molecule has 1 fully saturated rings. The van der Waals surface area contributed by atoms with Crippen LogP contribution in [0.1, 0.15) is 27.9 Å². The average Bonchev–Trinajstić information content (AvgIpc) is 3.73. The number of β-lactam (4-membered cyclic amide) rings is 1. The Morgan fingerprint density at radius 1 is 0.965 bits per heavy atom. The number of fused-ring (bicyclic) bond motifs is 1. The van der Waals surface area contributed by atoms with Gasteiger partial charge in [0.25, 0.3) is 11.8 Å². The quantitative estimate of drug-likeness (QED) is 0.0157. The van der Waals surface area contributed by atoms with Gasteiger partial charge >= 0.3 is 5.97 Å². The monoisotopic (exact) mass is 819 g/mol. The molecule has 1 aromatic heterocycles. The number of alkyl halides is 1. The lowest BCUT2D eigenvalue weighted by Crippen LogP contribution is -2.71. The number of hydrogen-bond donors (Lipinski definition) is 2. The highest BCUT2D eigenvalue weighted by molar-refractivity contribution is 8.00. The molecule has 2 aliphatic heterocycles. The molecule has 0 aliphatic carbocycles. The standard InChI is InChI=1S/C43H38ClN5O6S2/c1-3-23-55-48-35(34-27-57-42(45-34)47-43(30-13-7-4-8-14-30,31-15-9-5-10-16-31)32-17-11-6-12-18-32)38(50)46-36-39(51)49-37(29(24-44)26-56-40(36)49)41(52)54-25-28-19-21-33(53-2)22-20-28/h3-22,27,36,40H,1,23-26H2,2H3,(H,45,47)(H,46,50)/t36?,40-/m0/s1. The fraction of sp³-hybridized carbons (Fsp3) is 0.186. The largest absolute Gasteiger partial charge is 0.497 e. The number of nitrogens with zero attached hydrogens (tertiary/aromatic N) is 3. The summed E-state index contributed by atoms with van der Waals surface area (Å²) in [6.07, 6.45) is 1.50. The van der Waals surface area contributed by atoms with Gasteiger partial charge in [0.2, 0.25) is 0 Å². The van der Waals surface area contributed by atoms with Crippen LogP contribution in [0.3, 0.4) is 0 Å². The number of benzene rings is 4. The average molecular weight is 820 g/mol. The Kier molecular flexibility index (Phi) is 12.4. The van der Waals surface area contributed by atoms with E-state index in [-0.39, 0.29) is 36.2 Å². The molecule has 14 heteroatoms. The molecule has 1 unspecified atom stereocenters. The summed E-state index contributed by atoms with van der Waals surface area (Å²) >= 11 is 8.93. The van der Waals surface area contributed by atoms with Crippen molar-refractivity contribution in [1.29, 1.82) is 0 Å². The Bertz CT molecular complexity index is 2190. The zero-order chi connectivity index (χ0) is 39.8. The van der Waals surface area contributed by atoms with E-state index in [0.717, 1.165) is 22.3 Å². The topological polar surface area (TPSA) is 131 Å². The van der Waals surface area contributed by atoms with E-state index >= 15 is 0 Å². The van der Waals surface area contributed by atoms with Crippen molar-refractivity contribution in [1.82, 2.24) is 15.2 Å². The van der Waals surface area contributed by atoms with Gasteiger partial charge in [-0.15, -0.1) is 34.7 Å². The molecule has 2 aliphatic rings. The number of halogens is 1. The predicted octanol–water partition coefficient (Wildman–Crippen LogP) is 7.10. The molecule has 11 nitrogen and oxygen atoms in total. The SMILES string of the molecule is C=CCON=C(C(=O)NC1C(=O)N2C(C(=O)OCc3ccc(OC)cc3)=C(CCl)CS[C@@H]12)c1csc(NC(c2ccccc2)(c2ccccc2)c2ccccc2)n1. The fourth-order valence-electron chi connectivity index (χ4n) is 6.66. The van der Waals surface area contributed by atoms with Gasteiger partial charge in [0.1, 0.15) is 47.3 Å². The molecule has 2 amide bonds. The van der Waals surface area contributed by atoms with Crippen LogP contribution in [0.4, 0.5) is 5.13 Å². The molecule has 4 aromatic carbocycles. The molecule has 2 N–H and O–H groups in total. The molecule has 7 rings (SSSR count). The summed E-state index contributed by atoms with van der Waals surface area (Å²) < 4.78 is 10.8. The number of esters is 1. The van der Waals surface area contributed by atoms with E-state index in [9.17, 15) is 14.4 Å². The maximum atomic E-state index is 14.0. The summed E-state index contributed by atoms with van der Waals surface area (Å²) in [5.74, 6) is -0.758. The van der Waals surface area contributed by atoms with Crippen molar-refractivity contribution in [2.24, 2.45) is 5.16 Å². The zero-order valence-corrected chi connectivity index (χ0v) is 33.2. The third-order valence-electron chi connectivity index (χ3n) is 9.44. The van der Waals surface area contributed by atoms with E-state index in [0.29, 0.717) is 22.2 Å². The smallest absolute Gasteiger partial charge is 0.355 e. The third kappa shape index (κ3) is 8.18. The first-order chi connectivity index (χ1) is 27.9. The van der Waals surface area contributed by atoms with Crippen molar-refractivity contribution in [3.8, 4) is 5.75 Å². The highest BCUT2D eigenvalue weighted by Crippen LogP contribution is 2.42. The van der Waals surface area contributed by atoms with Crippen LogP contribution in [-0.4, -0.2) is 70.1 Å². The van der Waals surface area contributed by atoms with E-state index in [1.807, 2.05) is 54.6 Å². The summed E-state index contributed by atoms with van der Waals surface area (Å²) in [6.45, 7) is 3.70. The van der Waals surface area contributed by atoms with Crippen LogP contribution in [-0.2, 0) is 36.1 Å². The van der Waals surface area contributed by atoms with Crippen LogP contribution >= 0.6 is 34.7 Å². The second-order valence-electron chi connectivity index (χ2n) is 12.9. The number of rotatable bonds is 16. The van der Waals surface area contributed by atoms with Gasteiger partial charge in [-0.2, -0.15) is 0 Å². The predicted molar refractivity (Wildman–Crippen MR) is 223 cm³/mol. The van der Waals surface area contributed by atoms with Crippen LogP contribution in [0, 0.1) is 0 Å². The number of methoxy groups -OCH3 is 1. The lowest BCUT2D eigenvalue weighted by molar-refractivity contribution is -0.153. The van der Waals surface area contributed by atoms with Crippen molar-refractivity contribution in [2.75, 3.05) is 30.7 Å². The van der Waals surface area contributed by atoms with Gasteiger partial charge in [0, 0.05) is 17.0 Å². The molecule has 0 saturated carbocycles. The summed E-state index contributed by atoms with van der Waals surface area (Å²) in [6, 6.07) is 36.4. The number of carbonyl (C=O) groups is 3. The summed E-state index contributed by atoms with van der Waals surface area (Å²) in [5, 5.41) is 12.3. The number of aromatic nitrogens is 1. The van der Waals surface area contributed by atoms with Crippen LogP contribution in [0.2, 0.25) is 0 Å². The second-order valence-corrected chi connectivity index (χ2v) is 15.1.